The lowest BCUT2D eigenvalue weighted by atomic mass is 10.5. The fourth-order valence-electron chi connectivity index (χ4n) is 0.175. The van der Waals surface area contributed by atoms with E-state index in [1.54, 1.807) is 13.0 Å². The number of nitrogens with two attached hydrogens (primary N) is 1. The van der Waals surface area contributed by atoms with Crippen LogP contribution in [0.1, 0.15) is 6.92 Å². The second-order valence-corrected chi connectivity index (χ2v) is 0.937. The van der Waals surface area contributed by atoms with Gasteiger partial charge in [-0.05, 0) is 6.92 Å². The summed E-state index contributed by atoms with van der Waals surface area (Å²) in [5, 5.41) is 0. The maximum absolute atomic E-state index is 9.98. The Balaban J connectivity index is 3.37. The lowest BCUT2D eigenvalue weighted by Crippen LogP contribution is -2.05. The Morgan fingerprint density at radius 2 is 2.43 bits per heavy atom. The molecule has 0 fully saturated rings. The zero-order valence-corrected chi connectivity index (χ0v) is 4.05. The molecule has 0 aromatic carbocycles. The van der Waals surface area contributed by atoms with E-state index >= 15 is 0 Å². The monoisotopic (exact) mass is 101 g/mol. The molecule has 0 aliphatic carbocycles. The molecule has 0 aromatic heterocycles. The summed E-state index contributed by atoms with van der Waals surface area (Å²) in [4.78, 5) is 13.7. The van der Waals surface area contributed by atoms with Gasteiger partial charge in [-0.3, -0.25) is 0 Å². The number of rotatable bonds is 1. The molecule has 0 bridgehead atoms. The minimum absolute atomic E-state index is 0.525. The molecule has 0 aliphatic rings. The van der Waals surface area contributed by atoms with Crippen LogP contribution in [0.25, 0.3) is 0 Å². The summed E-state index contributed by atoms with van der Waals surface area (Å²) in [6, 6.07) is 0. The topological polar surface area (TPSA) is 52.3 Å². The van der Waals surface area contributed by atoms with Gasteiger partial charge in [-0.25, -0.2) is 4.79 Å². The third kappa shape index (κ3) is 2.99. The fourth-order valence-corrected chi connectivity index (χ4v) is 0.175. The highest BCUT2D eigenvalue weighted by Gasteiger charge is 1.85. The van der Waals surface area contributed by atoms with Crippen molar-refractivity contribution in [2.24, 2.45) is 5.90 Å². The highest BCUT2D eigenvalue weighted by atomic mass is 16.7. The zero-order chi connectivity index (χ0) is 5.70. The van der Waals surface area contributed by atoms with E-state index in [-0.39, 0.29) is 0 Å². The highest BCUT2D eigenvalue weighted by Crippen LogP contribution is 1.71. The molecule has 3 heteroatoms. The Kier molecular flexibility index (Phi) is 2.96. The van der Waals surface area contributed by atoms with Crippen LogP contribution in [0.2, 0.25) is 0 Å². The van der Waals surface area contributed by atoms with Crippen molar-refractivity contribution in [2.75, 3.05) is 0 Å². The smallest absolute Gasteiger partial charge is 0.348 e. The number of hydrogen-bond acceptors (Lipinski definition) is 3. The Morgan fingerprint density at radius 1 is 1.86 bits per heavy atom. The molecule has 0 aromatic rings. The van der Waals surface area contributed by atoms with E-state index in [1.807, 2.05) is 0 Å². The van der Waals surface area contributed by atoms with Gasteiger partial charge in [0, 0.05) is 6.08 Å². The molecule has 3 nitrogen and oxygen atoms in total. The molecule has 7 heavy (non-hydrogen) atoms. The van der Waals surface area contributed by atoms with Crippen molar-refractivity contribution in [1.82, 2.24) is 0 Å². The molecule has 0 saturated carbocycles. The molecule has 0 amide bonds. The first-order valence-electron chi connectivity index (χ1n) is 1.84. The van der Waals surface area contributed by atoms with Gasteiger partial charge in [0.25, 0.3) is 0 Å². The van der Waals surface area contributed by atoms with Crippen molar-refractivity contribution < 1.29 is 9.63 Å². The predicted octanol–water partition coefficient (Wildman–Crippen LogP) is -0.0206. The average Bonchev–Trinajstić information content (AvgIpc) is 1.68. The quantitative estimate of drug-likeness (QED) is 0.373. The van der Waals surface area contributed by atoms with Crippen LogP contribution < -0.4 is 5.90 Å². The zero-order valence-electron chi connectivity index (χ0n) is 4.05. The van der Waals surface area contributed by atoms with Crippen LogP contribution >= 0.6 is 0 Å². The van der Waals surface area contributed by atoms with Crippen LogP contribution in [0.3, 0.4) is 0 Å². The minimum Gasteiger partial charge on any atom is -0.370 e. The number of carbonyl (C=O) groups is 1. The van der Waals surface area contributed by atoms with Crippen LogP contribution in [0, 0.1) is 0 Å². The molecule has 0 spiro atoms. The lowest BCUT2D eigenvalue weighted by Gasteiger charge is -1.83. The fraction of sp³-hybridized carbons (Fsp3) is 0.250. The van der Waals surface area contributed by atoms with Gasteiger partial charge in [0.2, 0.25) is 0 Å². The molecule has 0 radical (unpaired) electrons. The molecule has 0 heterocycles. The summed E-state index contributed by atoms with van der Waals surface area (Å²) in [6.07, 6.45) is 2.79. The Labute approximate surface area is 41.7 Å². The van der Waals surface area contributed by atoms with E-state index in [9.17, 15) is 4.79 Å². The third-order valence-electron chi connectivity index (χ3n) is 0.419. The second-order valence-electron chi connectivity index (χ2n) is 0.937. The first kappa shape index (κ1) is 6.17. The van der Waals surface area contributed by atoms with Crippen molar-refractivity contribution in [2.45, 2.75) is 6.92 Å². The molecule has 0 rings (SSSR count). The Bertz CT molecular complexity index is 87.7. The molecular weight excluding hydrogens is 94.0 g/mol. The maximum atomic E-state index is 9.98. The van der Waals surface area contributed by atoms with Gasteiger partial charge in [0.1, 0.15) is 0 Å². The van der Waals surface area contributed by atoms with Crippen molar-refractivity contribution in [3.8, 4) is 0 Å². The molecular formula is C4H7NO2. The van der Waals surface area contributed by atoms with Crippen molar-refractivity contribution in [3.05, 3.63) is 12.2 Å². The molecule has 40 valence electrons. The normalized spacial score (nSPS) is 9.43. The maximum Gasteiger partial charge on any atom is 0.348 e. The van der Waals surface area contributed by atoms with Gasteiger partial charge < -0.3 is 4.84 Å². The van der Waals surface area contributed by atoms with Crippen molar-refractivity contribution >= 4 is 5.97 Å². The van der Waals surface area contributed by atoms with E-state index in [2.05, 4.69) is 10.7 Å². The van der Waals surface area contributed by atoms with E-state index in [0.717, 1.165) is 0 Å². The molecule has 0 unspecified atom stereocenters. The summed E-state index contributed by atoms with van der Waals surface area (Å²) >= 11 is 0. The SMILES string of the molecule is C/C=C/C(=O)ON. The van der Waals surface area contributed by atoms with Gasteiger partial charge in [0.15, 0.2) is 0 Å². The summed E-state index contributed by atoms with van der Waals surface area (Å²) in [7, 11) is 0. The van der Waals surface area contributed by atoms with Gasteiger partial charge in [-0.15, -0.1) is 0 Å². The minimum atomic E-state index is -0.525. The third-order valence-corrected chi connectivity index (χ3v) is 0.419. The summed E-state index contributed by atoms with van der Waals surface area (Å²) in [5.74, 6) is 3.93. The van der Waals surface area contributed by atoms with Gasteiger partial charge in [-0.1, -0.05) is 6.08 Å². The molecule has 0 saturated heterocycles. The van der Waals surface area contributed by atoms with Crippen LogP contribution in [-0.2, 0) is 9.63 Å². The average molecular weight is 101 g/mol. The van der Waals surface area contributed by atoms with Crippen LogP contribution in [0.4, 0.5) is 0 Å². The van der Waals surface area contributed by atoms with E-state index < -0.39 is 5.97 Å². The number of carbonyl (C=O) groups excluding carboxylic acids is 1. The van der Waals surface area contributed by atoms with E-state index in [4.69, 9.17) is 0 Å². The standard InChI is InChI=1S/C4H7NO2/c1-2-3-4(6)7-5/h2-3H,5H2,1H3/b3-2+. The van der Waals surface area contributed by atoms with Crippen LogP contribution in [0.5, 0.6) is 0 Å². The van der Waals surface area contributed by atoms with Crippen LogP contribution in [-0.4, -0.2) is 5.97 Å². The van der Waals surface area contributed by atoms with Crippen LogP contribution in [0.15, 0.2) is 12.2 Å². The number of hydrogen-bond donors (Lipinski definition) is 1. The Morgan fingerprint density at radius 3 is 2.57 bits per heavy atom. The Hall–Kier alpha value is -0.830. The summed E-state index contributed by atoms with van der Waals surface area (Å²) < 4.78 is 0. The molecule has 0 aliphatic heterocycles. The van der Waals surface area contributed by atoms with Crippen molar-refractivity contribution in [3.63, 3.8) is 0 Å². The predicted molar refractivity (Wildman–Crippen MR) is 25.1 cm³/mol. The first-order chi connectivity index (χ1) is 3.31. The van der Waals surface area contributed by atoms with Gasteiger partial charge in [0.05, 0.1) is 0 Å². The van der Waals surface area contributed by atoms with Crippen molar-refractivity contribution in [1.29, 1.82) is 0 Å². The molecule has 2 N–H and O–H groups in total. The van der Waals surface area contributed by atoms with Gasteiger partial charge in [-0.2, -0.15) is 5.90 Å². The van der Waals surface area contributed by atoms with Gasteiger partial charge >= 0.3 is 5.97 Å². The highest BCUT2D eigenvalue weighted by molar-refractivity contribution is 5.81. The summed E-state index contributed by atoms with van der Waals surface area (Å²) in [6.45, 7) is 1.71. The second kappa shape index (κ2) is 3.36. The largest absolute Gasteiger partial charge is 0.370 e. The molecule has 0 atom stereocenters. The van der Waals surface area contributed by atoms with E-state index in [0.29, 0.717) is 0 Å². The number of allylic oxidation sites excluding steroid dienone is 1. The lowest BCUT2D eigenvalue weighted by molar-refractivity contribution is -0.138. The van der Waals surface area contributed by atoms with E-state index in [1.165, 1.54) is 6.08 Å². The summed E-state index contributed by atoms with van der Waals surface area (Å²) in [5.41, 5.74) is 0. The first-order valence-corrected chi connectivity index (χ1v) is 1.84.